The van der Waals surface area contributed by atoms with E-state index in [4.69, 9.17) is 12.9 Å². The van der Waals surface area contributed by atoms with Crippen molar-refractivity contribution in [2.75, 3.05) is 0 Å². The predicted molar refractivity (Wildman–Crippen MR) is 166 cm³/mol. The summed E-state index contributed by atoms with van der Waals surface area (Å²) in [7, 11) is -2.61. The van der Waals surface area contributed by atoms with Crippen LogP contribution in [0.5, 0.6) is 5.75 Å². The van der Waals surface area contributed by atoms with Gasteiger partial charge in [0.15, 0.2) is 0 Å². The van der Waals surface area contributed by atoms with Crippen molar-refractivity contribution in [3.63, 3.8) is 0 Å². The van der Waals surface area contributed by atoms with Gasteiger partial charge in [0.1, 0.15) is 16.9 Å². The Morgan fingerprint density at radius 3 is 1.51 bits per heavy atom. The van der Waals surface area contributed by atoms with Gasteiger partial charge in [-0.25, -0.2) is 0 Å². The summed E-state index contributed by atoms with van der Waals surface area (Å²) < 4.78 is 19.8. The third-order valence-electron chi connectivity index (χ3n) is 7.30. The minimum atomic E-state index is -1.76. The molecule has 0 spiro atoms. The van der Waals surface area contributed by atoms with Crippen molar-refractivity contribution in [1.82, 2.24) is 0 Å². The summed E-state index contributed by atoms with van der Waals surface area (Å²) in [6.07, 6.45) is 0. The molecule has 0 bridgehead atoms. The maximum Gasteiger partial charge on any atom is 0.453 e. The lowest BCUT2D eigenvalue weighted by molar-refractivity contribution is 0.500. The molecule has 5 aromatic carbocycles. The molecule has 1 aromatic heterocycles. The molecule has 0 saturated carbocycles. The standard InChI is InChI=1S/C34H30O3P2/c1-23-19-21-30-33(25(23)3)34-26(4)24(2)20-22-31(34)37-39(36-30)35-29-17-11-12-18-32(29)38(27-13-7-5-8-14-27)28-15-9-6-10-16-28/h5-22H,1-4H3. The Hall–Kier alpha value is -3.77. The largest absolute Gasteiger partial charge is 0.453 e. The van der Waals surface area contributed by atoms with Crippen molar-refractivity contribution in [2.45, 2.75) is 27.7 Å². The van der Waals surface area contributed by atoms with E-state index in [0.29, 0.717) is 0 Å². The molecule has 0 N–H and O–H groups in total. The summed E-state index contributed by atoms with van der Waals surface area (Å²) in [5, 5.41) is 5.83. The van der Waals surface area contributed by atoms with Gasteiger partial charge in [-0.3, -0.25) is 0 Å². The highest BCUT2D eigenvalue weighted by atomic mass is 31.1. The molecule has 0 fully saturated rings. The fourth-order valence-corrected chi connectivity index (χ4v) is 8.45. The number of hydrogen-bond acceptors (Lipinski definition) is 3. The van der Waals surface area contributed by atoms with Crippen LogP contribution in [0.4, 0.5) is 0 Å². The fourth-order valence-electron chi connectivity index (χ4n) is 4.95. The van der Waals surface area contributed by atoms with Gasteiger partial charge in [-0.05, 0) is 86.7 Å². The third-order valence-corrected chi connectivity index (χ3v) is 10.8. The van der Waals surface area contributed by atoms with Crippen LogP contribution in [0.2, 0.25) is 0 Å². The highest BCUT2D eigenvalue weighted by Gasteiger charge is 2.22. The van der Waals surface area contributed by atoms with E-state index >= 15 is 0 Å². The predicted octanol–water partition coefficient (Wildman–Crippen LogP) is 9.12. The molecule has 5 heteroatoms. The topological polar surface area (TPSA) is 35.5 Å². The van der Waals surface area contributed by atoms with Gasteiger partial charge in [-0.1, -0.05) is 91.0 Å². The fraction of sp³-hybridized carbons (Fsp3) is 0.118. The molecule has 6 aromatic rings. The Kier molecular flexibility index (Phi) is 7.05. The molecule has 1 heterocycles. The van der Waals surface area contributed by atoms with Crippen LogP contribution in [0.15, 0.2) is 118 Å². The first kappa shape index (κ1) is 25.5. The normalized spacial score (nSPS) is 11.3. The molecule has 194 valence electrons. The van der Waals surface area contributed by atoms with E-state index in [-0.39, 0.29) is 0 Å². The van der Waals surface area contributed by atoms with E-state index in [1.807, 2.05) is 24.3 Å². The van der Waals surface area contributed by atoms with Crippen molar-refractivity contribution in [1.29, 1.82) is 0 Å². The SMILES string of the molecule is Cc1ccc2op(Oc3ccccc3P(c3ccccc3)c3ccccc3)oc3ccc(C)c(C)c3c2c1C. The van der Waals surface area contributed by atoms with Crippen LogP contribution in [0.25, 0.3) is 21.9 Å². The van der Waals surface area contributed by atoms with E-state index in [1.54, 1.807) is 0 Å². The molecule has 0 radical (unpaired) electrons. The lowest BCUT2D eigenvalue weighted by atomic mass is 9.97. The van der Waals surface area contributed by atoms with Gasteiger partial charge < -0.3 is 12.9 Å². The maximum atomic E-state index is 6.68. The van der Waals surface area contributed by atoms with E-state index < -0.39 is 16.2 Å². The third kappa shape index (κ3) is 4.89. The Labute approximate surface area is 231 Å². The molecular formula is C34H30O3P2. The zero-order chi connectivity index (χ0) is 26.9. The molecular weight excluding hydrogens is 518 g/mol. The second kappa shape index (κ2) is 10.8. The molecule has 0 saturated heterocycles. The van der Waals surface area contributed by atoms with Crippen molar-refractivity contribution in [3.8, 4) is 5.75 Å². The average Bonchev–Trinajstić information content (AvgIpc) is 3.12. The highest BCUT2D eigenvalue weighted by Crippen LogP contribution is 2.42. The first-order valence-corrected chi connectivity index (χ1v) is 15.5. The number of para-hydroxylation sites is 1. The number of aryl methyl sites for hydroxylation is 4. The smallest absolute Gasteiger partial charge is 0.390 e. The zero-order valence-electron chi connectivity index (χ0n) is 22.5. The minimum absolute atomic E-state index is 0.778. The Morgan fingerprint density at radius 1 is 0.538 bits per heavy atom. The van der Waals surface area contributed by atoms with Gasteiger partial charge >= 0.3 is 8.24 Å². The van der Waals surface area contributed by atoms with Crippen LogP contribution >= 0.6 is 16.2 Å². The number of fused-ring (bicyclic) bond motifs is 3. The van der Waals surface area contributed by atoms with Gasteiger partial charge in [-0.2, -0.15) is 0 Å². The summed E-state index contributed by atoms with van der Waals surface area (Å²) in [6.45, 7) is 8.58. The quantitative estimate of drug-likeness (QED) is 0.202. The molecule has 0 amide bonds. The molecule has 0 atom stereocenters. The second-order valence-corrected chi connectivity index (χ2v) is 12.9. The average molecular weight is 549 g/mol. The number of hydrogen-bond donors (Lipinski definition) is 0. The summed E-state index contributed by atoms with van der Waals surface area (Å²) in [5.41, 5.74) is 6.42. The molecule has 39 heavy (non-hydrogen) atoms. The zero-order valence-corrected chi connectivity index (χ0v) is 24.3. The summed E-state index contributed by atoms with van der Waals surface area (Å²) >= 11 is 0. The van der Waals surface area contributed by atoms with E-state index in [9.17, 15) is 0 Å². The Balaban J connectivity index is 1.57. The van der Waals surface area contributed by atoms with Crippen LogP contribution in [0.3, 0.4) is 0 Å². The first-order chi connectivity index (χ1) is 19.0. The van der Waals surface area contributed by atoms with Crippen LogP contribution in [-0.2, 0) is 0 Å². The summed E-state index contributed by atoms with van der Waals surface area (Å²) in [6, 6.07) is 37.9. The van der Waals surface area contributed by atoms with Crippen LogP contribution in [0, 0.1) is 27.7 Å². The lowest BCUT2D eigenvalue weighted by Crippen LogP contribution is -2.21. The van der Waals surface area contributed by atoms with E-state index in [1.165, 1.54) is 32.9 Å². The number of benzene rings is 5. The number of rotatable bonds is 5. The minimum Gasteiger partial charge on any atom is -0.390 e. The maximum absolute atomic E-state index is 6.68. The molecule has 0 aliphatic carbocycles. The molecule has 0 aliphatic rings. The summed E-state index contributed by atoms with van der Waals surface area (Å²) in [4.78, 5) is 0. The Bertz CT molecular complexity index is 1720. The van der Waals surface area contributed by atoms with Crippen molar-refractivity contribution in [3.05, 3.63) is 131 Å². The van der Waals surface area contributed by atoms with Crippen molar-refractivity contribution in [2.24, 2.45) is 0 Å². The monoisotopic (exact) mass is 548 g/mol. The first-order valence-electron chi connectivity index (χ1n) is 13.1. The molecule has 0 aliphatic heterocycles. The molecule has 0 unspecified atom stereocenters. The van der Waals surface area contributed by atoms with Crippen LogP contribution in [0.1, 0.15) is 22.3 Å². The van der Waals surface area contributed by atoms with Gasteiger partial charge in [0.05, 0.1) is 0 Å². The van der Waals surface area contributed by atoms with Gasteiger partial charge in [-0.15, -0.1) is 0 Å². The second-order valence-electron chi connectivity index (χ2n) is 9.73. The molecule has 6 rings (SSSR count). The van der Waals surface area contributed by atoms with E-state index in [0.717, 1.165) is 33.0 Å². The van der Waals surface area contributed by atoms with Gasteiger partial charge in [0, 0.05) is 16.1 Å². The van der Waals surface area contributed by atoms with Crippen molar-refractivity contribution < 1.29 is 12.9 Å². The summed E-state index contributed by atoms with van der Waals surface area (Å²) in [5.74, 6) is 0.778. The van der Waals surface area contributed by atoms with Crippen molar-refractivity contribution >= 4 is 54.0 Å². The lowest BCUT2D eigenvalue weighted by Gasteiger charge is -2.21. The molecule has 3 nitrogen and oxygen atoms in total. The van der Waals surface area contributed by atoms with Gasteiger partial charge in [0.25, 0.3) is 0 Å². The van der Waals surface area contributed by atoms with Gasteiger partial charge in [0.2, 0.25) is 0 Å². The van der Waals surface area contributed by atoms with Crippen LogP contribution < -0.4 is 20.4 Å². The highest BCUT2D eigenvalue weighted by molar-refractivity contribution is 7.80. The Morgan fingerprint density at radius 2 is 1.00 bits per heavy atom. The van der Waals surface area contributed by atoms with Crippen LogP contribution in [-0.4, -0.2) is 0 Å². The van der Waals surface area contributed by atoms with E-state index in [2.05, 4.69) is 113 Å².